The van der Waals surface area contributed by atoms with Gasteiger partial charge >= 0.3 is 0 Å². The fourth-order valence-corrected chi connectivity index (χ4v) is 3.11. The maximum Gasteiger partial charge on any atom is 0.203 e. The first-order chi connectivity index (χ1) is 9.26. The molecule has 2 rings (SSSR count). The normalized spacial score (nSPS) is 10.6. The molecule has 0 aliphatic rings. The highest BCUT2D eigenvalue weighted by Crippen LogP contribution is 2.21. The Morgan fingerprint density at radius 3 is 2.47 bits per heavy atom. The van der Waals surface area contributed by atoms with Crippen molar-refractivity contribution in [3.8, 4) is 0 Å². The minimum absolute atomic E-state index is 0.161. The van der Waals surface area contributed by atoms with E-state index >= 15 is 0 Å². The Balaban J connectivity index is 2.16. The second-order valence-corrected chi connectivity index (χ2v) is 5.67. The van der Waals surface area contributed by atoms with E-state index in [0.717, 1.165) is 28.8 Å². The Morgan fingerprint density at radius 2 is 1.84 bits per heavy atom. The molecule has 19 heavy (non-hydrogen) atoms. The fraction of sp³-hybridized carbons (Fsp3) is 0.353. The minimum Gasteiger partial charge on any atom is -0.288 e. The van der Waals surface area contributed by atoms with Crippen molar-refractivity contribution in [2.75, 3.05) is 0 Å². The molecule has 0 saturated carbocycles. The van der Waals surface area contributed by atoms with E-state index in [-0.39, 0.29) is 5.78 Å². The SMILES string of the molecule is CCCCc1ccc(C(=O)c2sccc2CC)cc1. The topological polar surface area (TPSA) is 17.1 Å². The van der Waals surface area contributed by atoms with Crippen LogP contribution in [0, 0.1) is 0 Å². The molecule has 1 aromatic carbocycles. The van der Waals surface area contributed by atoms with Crippen LogP contribution in [-0.2, 0) is 12.8 Å². The molecule has 0 aliphatic carbocycles. The number of rotatable bonds is 6. The lowest BCUT2D eigenvalue weighted by molar-refractivity contribution is 0.104. The Hall–Kier alpha value is -1.41. The molecule has 0 bridgehead atoms. The molecule has 2 heteroatoms. The minimum atomic E-state index is 0.161. The van der Waals surface area contributed by atoms with Crippen molar-refractivity contribution in [2.45, 2.75) is 39.5 Å². The number of ketones is 1. The molecule has 1 nitrogen and oxygen atoms in total. The predicted octanol–water partition coefficient (Wildman–Crippen LogP) is 4.88. The number of hydrogen-bond acceptors (Lipinski definition) is 2. The number of carbonyl (C=O) groups excluding carboxylic acids is 1. The molecule has 0 N–H and O–H groups in total. The number of carbonyl (C=O) groups is 1. The zero-order valence-corrected chi connectivity index (χ0v) is 12.4. The first kappa shape index (κ1) is 14.0. The fourth-order valence-electron chi connectivity index (χ4n) is 2.15. The number of unbranched alkanes of at least 4 members (excludes halogenated alkanes) is 1. The van der Waals surface area contributed by atoms with Crippen molar-refractivity contribution in [3.63, 3.8) is 0 Å². The Morgan fingerprint density at radius 1 is 1.11 bits per heavy atom. The van der Waals surface area contributed by atoms with Gasteiger partial charge in [0.1, 0.15) is 0 Å². The maximum absolute atomic E-state index is 12.4. The number of benzene rings is 1. The van der Waals surface area contributed by atoms with E-state index in [1.165, 1.54) is 18.4 Å². The summed E-state index contributed by atoms with van der Waals surface area (Å²) in [4.78, 5) is 13.3. The highest BCUT2D eigenvalue weighted by atomic mass is 32.1. The van der Waals surface area contributed by atoms with Gasteiger partial charge in [-0.05, 0) is 41.8 Å². The van der Waals surface area contributed by atoms with E-state index in [1.807, 2.05) is 23.6 Å². The second kappa shape index (κ2) is 6.67. The quantitative estimate of drug-likeness (QED) is 0.685. The average Bonchev–Trinajstić information content (AvgIpc) is 2.93. The predicted molar refractivity (Wildman–Crippen MR) is 82.2 cm³/mol. The van der Waals surface area contributed by atoms with Gasteiger partial charge in [0, 0.05) is 5.56 Å². The Bertz CT molecular complexity index is 537. The molecule has 0 fully saturated rings. The van der Waals surface area contributed by atoms with Crippen molar-refractivity contribution in [1.29, 1.82) is 0 Å². The van der Waals surface area contributed by atoms with Crippen LogP contribution in [0.25, 0.3) is 0 Å². The highest BCUT2D eigenvalue weighted by molar-refractivity contribution is 7.12. The van der Waals surface area contributed by atoms with E-state index in [2.05, 4.69) is 26.0 Å². The summed E-state index contributed by atoms with van der Waals surface area (Å²) in [7, 11) is 0. The monoisotopic (exact) mass is 272 g/mol. The van der Waals surface area contributed by atoms with E-state index in [4.69, 9.17) is 0 Å². The third kappa shape index (κ3) is 3.32. The van der Waals surface area contributed by atoms with Crippen LogP contribution in [0.15, 0.2) is 35.7 Å². The summed E-state index contributed by atoms with van der Waals surface area (Å²) in [5.41, 5.74) is 3.28. The molecule has 0 radical (unpaired) electrons. The van der Waals surface area contributed by atoms with Crippen LogP contribution in [0.5, 0.6) is 0 Å². The van der Waals surface area contributed by atoms with Crippen LogP contribution in [0.1, 0.15) is 53.1 Å². The van der Waals surface area contributed by atoms with Crippen molar-refractivity contribution >= 4 is 17.1 Å². The molecule has 100 valence electrons. The van der Waals surface area contributed by atoms with E-state index in [0.29, 0.717) is 0 Å². The summed E-state index contributed by atoms with van der Waals surface area (Å²) in [6.45, 7) is 4.29. The van der Waals surface area contributed by atoms with Gasteiger partial charge in [-0.2, -0.15) is 0 Å². The van der Waals surface area contributed by atoms with Gasteiger partial charge in [0.25, 0.3) is 0 Å². The van der Waals surface area contributed by atoms with Gasteiger partial charge in [0.05, 0.1) is 4.88 Å². The standard InChI is InChI=1S/C17H20OS/c1-3-5-6-13-7-9-15(10-8-13)16(18)17-14(4-2)11-12-19-17/h7-12H,3-6H2,1-2H3. The largest absolute Gasteiger partial charge is 0.288 e. The van der Waals surface area contributed by atoms with Gasteiger partial charge in [-0.1, -0.05) is 44.5 Å². The van der Waals surface area contributed by atoms with Crippen molar-refractivity contribution < 1.29 is 4.79 Å². The molecule has 1 heterocycles. The number of hydrogen-bond donors (Lipinski definition) is 0. The zero-order valence-electron chi connectivity index (χ0n) is 11.6. The van der Waals surface area contributed by atoms with Crippen LogP contribution in [0.4, 0.5) is 0 Å². The molecular weight excluding hydrogens is 252 g/mol. The van der Waals surface area contributed by atoms with E-state index in [1.54, 1.807) is 11.3 Å². The molecule has 0 aliphatic heterocycles. The summed E-state index contributed by atoms with van der Waals surface area (Å²) in [6.07, 6.45) is 4.43. The lowest BCUT2D eigenvalue weighted by Crippen LogP contribution is -2.01. The summed E-state index contributed by atoms with van der Waals surface area (Å²) in [5, 5.41) is 2.00. The average molecular weight is 272 g/mol. The van der Waals surface area contributed by atoms with E-state index < -0.39 is 0 Å². The molecule has 0 unspecified atom stereocenters. The van der Waals surface area contributed by atoms with Crippen molar-refractivity contribution in [1.82, 2.24) is 0 Å². The molecule has 0 amide bonds. The van der Waals surface area contributed by atoms with Crippen LogP contribution in [0.2, 0.25) is 0 Å². The number of aryl methyl sites for hydroxylation is 2. The molecule has 0 atom stereocenters. The summed E-state index contributed by atoms with van der Waals surface area (Å²) < 4.78 is 0. The third-order valence-electron chi connectivity index (χ3n) is 3.37. The maximum atomic E-state index is 12.4. The van der Waals surface area contributed by atoms with Crippen LogP contribution < -0.4 is 0 Å². The molecule has 2 aromatic rings. The third-order valence-corrected chi connectivity index (χ3v) is 4.32. The van der Waals surface area contributed by atoms with Gasteiger partial charge in [0.2, 0.25) is 5.78 Å². The smallest absolute Gasteiger partial charge is 0.203 e. The Kier molecular flexibility index (Phi) is 4.92. The van der Waals surface area contributed by atoms with Gasteiger partial charge in [0.15, 0.2) is 0 Å². The second-order valence-electron chi connectivity index (χ2n) is 4.76. The van der Waals surface area contributed by atoms with E-state index in [9.17, 15) is 4.79 Å². The van der Waals surface area contributed by atoms with Crippen LogP contribution in [-0.4, -0.2) is 5.78 Å². The lowest BCUT2D eigenvalue weighted by atomic mass is 10.0. The molecular formula is C17H20OS. The summed E-state index contributed by atoms with van der Waals surface area (Å²) in [5.74, 6) is 0.161. The molecule has 0 saturated heterocycles. The number of thiophene rings is 1. The van der Waals surface area contributed by atoms with Crippen LogP contribution in [0.3, 0.4) is 0 Å². The molecule has 1 aromatic heterocycles. The first-order valence-corrected chi connectivity index (χ1v) is 7.84. The molecule has 0 spiro atoms. The van der Waals surface area contributed by atoms with Crippen LogP contribution >= 0.6 is 11.3 Å². The first-order valence-electron chi connectivity index (χ1n) is 6.96. The Labute approximate surface area is 119 Å². The van der Waals surface area contributed by atoms with Crippen molar-refractivity contribution in [3.05, 3.63) is 57.3 Å². The van der Waals surface area contributed by atoms with Gasteiger partial charge in [-0.3, -0.25) is 4.79 Å². The highest BCUT2D eigenvalue weighted by Gasteiger charge is 2.14. The summed E-state index contributed by atoms with van der Waals surface area (Å²) in [6, 6.07) is 10.1. The zero-order chi connectivity index (χ0) is 13.7. The van der Waals surface area contributed by atoms with Gasteiger partial charge < -0.3 is 0 Å². The van der Waals surface area contributed by atoms with Gasteiger partial charge in [-0.15, -0.1) is 11.3 Å². The summed E-state index contributed by atoms with van der Waals surface area (Å²) >= 11 is 1.55. The lowest BCUT2D eigenvalue weighted by Gasteiger charge is -2.04. The van der Waals surface area contributed by atoms with Crippen molar-refractivity contribution in [2.24, 2.45) is 0 Å². The van der Waals surface area contributed by atoms with Gasteiger partial charge in [-0.25, -0.2) is 0 Å².